The maximum absolute atomic E-state index is 12.0. The number of hydrogen-bond acceptors (Lipinski definition) is 1. The molecule has 0 bridgehead atoms. The van der Waals surface area contributed by atoms with Gasteiger partial charge in [-0.15, -0.1) is 0 Å². The van der Waals surface area contributed by atoms with Gasteiger partial charge in [-0.2, -0.15) is 0 Å². The van der Waals surface area contributed by atoms with E-state index in [1.807, 2.05) is 36.4 Å². The van der Waals surface area contributed by atoms with Crippen molar-refractivity contribution in [3.8, 4) is 0 Å². The predicted octanol–water partition coefficient (Wildman–Crippen LogP) is 3.89. The van der Waals surface area contributed by atoms with Crippen molar-refractivity contribution in [1.82, 2.24) is 5.32 Å². The minimum absolute atomic E-state index is 0.111. The summed E-state index contributed by atoms with van der Waals surface area (Å²) >= 11 is 0. The average Bonchev–Trinajstić information content (AvgIpc) is 2.52. The largest absolute Gasteiger partial charge is 0.349 e. The zero-order valence-electron chi connectivity index (χ0n) is 11.9. The van der Waals surface area contributed by atoms with Gasteiger partial charge < -0.3 is 5.32 Å². The number of carbonyl (C=O) groups is 1. The fraction of sp³-hybridized carbons (Fsp3) is 0.278. The van der Waals surface area contributed by atoms with Crippen molar-refractivity contribution in [1.29, 1.82) is 0 Å². The highest BCUT2D eigenvalue weighted by molar-refractivity contribution is 5.76. The van der Waals surface area contributed by atoms with Crippen molar-refractivity contribution in [3.05, 3.63) is 71.8 Å². The molecule has 1 atom stereocenters. The third-order valence-electron chi connectivity index (χ3n) is 3.43. The van der Waals surface area contributed by atoms with E-state index in [2.05, 4.69) is 36.5 Å². The van der Waals surface area contributed by atoms with Crippen LogP contribution in [0.2, 0.25) is 0 Å². The van der Waals surface area contributed by atoms with Crippen LogP contribution in [0, 0.1) is 0 Å². The van der Waals surface area contributed by atoms with Crippen LogP contribution in [-0.2, 0) is 11.2 Å². The van der Waals surface area contributed by atoms with Crippen LogP contribution in [0.4, 0.5) is 0 Å². The third kappa shape index (κ3) is 4.23. The van der Waals surface area contributed by atoms with Gasteiger partial charge in [0.2, 0.25) is 5.91 Å². The smallest absolute Gasteiger partial charge is 0.220 e. The standard InChI is InChI=1S/C18H21NO/c1-2-17(16-11-7-4-8-12-16)19-18(20)14-13-15-9-5-3-6-10-15/h3-12,17H,2,13-14H2,1H3,(H,19,20)/t17-/m1/s1. The van der Waals surface area contributed by atoms with E-state index in [0.29, 0.717) is 6.42 Å². The lowest BCUT2D eigenvalue weighted by Crippen LogP contribution is -2.28. The Balaban J connectivity index is 1.87. The maximum atomic E-state index is 12.0. The fourth-order valence-corrected chi connectivity index (χ4v) is 2.28. The first-order valence-electron chi connectivity index (χ1n) is 7.18. The van der Waals surface area contributed by atoms with E-state index >= 15 is 0 Å². The average molecular weight is 267 g/mol. The second-order valence-corrected chi connectivity index (χ2v) is 4.92. The summed E-state index contributed by atoms with van der Waals surface area (Å²) in [7, 11) is 0. The summed E-state index contributed by atoms with van der Waals surface area (Å²) in [6, 6.07) is 20.4. The van der Waals surface area contributed by atoms with Crippen LogP contribution in [0.25, 0.3) is 0 Å². The lowest BCUT2D eigenvalue weighted by Gasteiger charge is -2.17. The Hall–Kier alpha value is -2.09. The highest BCUT2D eigenvalue weighted by Crippen LogP contribution is 2.16. The molecule has 0 aliphatic rings. The van der Waals surface area contributed by atoms with Crippen molar-refractivity contribution < 1.29 is 4.79 Å². The van der Waals surface area contributed by atoms with Gasteiger partial charge in [-0.05, 0) is 24.0 Å². The van der Waals surface area contributed by atoms with Crippen molar-refractivity contribution in [2.24, 2.45) is 0 Å². The number of aryl methyl sites for hydroxylation is 1. The first kappa shape index (κ1) is 14.3. The molecule has 104 valence electrons. The Labute approximate surface area is 120 Å². The second kappa shape index (κ2) is 7.49. The Morgan fingerprint density at radius 1 is 1.00 bits per heavy atom. The normalized spacial score (nSPS) is 11.8. The molecule has 2 heteroatoms. The Morgan fingerprint density at radius 3 is 2.20 bits per heavy atom. The topological polar surface area (TPSA) is 29.1 Å². The molecule has 0 fully saturated rings. The number of amides is 1. The molecule has 2 aromatic carbocycles. The summed E-state index contributed by atoms with van der Waals surface area (Å²) in [4.78, 5) is 12.0. The van der Waals surface area contributed by atoms with Gasteiger partial charge in [0.05, 0.1) is 6.04 Å². The first-order chi connectivity index (χ1) is 9.79. The van der Waals surface area contributed by atoms with Crippen LogP contribution >= 0.6 is 0 Å². The molecule has 0 saturated heterocycles. The van der Waals surface area contributed by atoms with Crippen molar-refractivity contribution in [2.75, 3.05) is 0 Å². The van der Waals surface area contributed by atoms with Crippen LogP contribution in [0.3, 0.4) is 0 Å². The molecule has 0 radical (unpaired) electrons. The molecule has 0 aliphatic heterocycles. The van der Waals surface area contributed by atoms with E-state index in [0.717, 1.165) is 12.8 Å². The van der Waals surface area contributed by atoms with Crippen LogP contribution < -0.4 is 5.32 Å². The minimum Gasteiger partial charge on any atom is -0.349 e. The van der Waals surface area contributed by atoms with Crippen LogP contribution in [-0.4, -0.2) is 5.91 Å². The van der Waals surface area contributed by atoms with Gasteiger partial charge in [0.25, 0.3) is 0 Å². The summed E-state index contributed by atoms with van der Waals surface area (Å²) in [5, 5.41) is 3.11. The quantitative estimate of drug-likeness (QED) is 0.845. The number of carbonyl (C=O) groups excluding carboxylic acids is 1. The van der Waals surface area contributed by atoms with E-state index in [-0.39, 0.29) is 11.9 Å². The van der Waals surface area contributed by atoms with Gasteiger partial charge >= 0.3 is 0 Å². The number of rotatable bonds is 6. The molecular weight excluding hydrogens is 246 g/mol. The molecule has 0 spiro atoms. The van der Waals surface area contributed by atoms with Gasteiger partial charge in [-0.3, -0.25) is 4.79 Å². The maximum Gasteiger partial charge on any atom is 0.220 e. The highest BCUT2D eigenvalue weighted by atomic mass is 16.1. The number of nitrogens with one attached hydrogen (secondary N) is 1. The van der Waals surface area contributed by atoms with E-state index < -0.39 is 0 Å². The molecule has 2 aromatic rings. The molecule has 0 unspecified atom stereocenters. The van der Waals surface area contributed by atoms with E-state index in [4.69, 9.17) is 0 Å². The van der Waals surface area contributed by atoms with Gasteiger partial charge in [-0.1, -0.05) is 67.6 Å². The summed E-state index contributed by atoms with van der Waals surface area (Å²) in [5.74, 6) is 0.115. The highest BCUT2D eigenvalue weighted by Gasteiger charge is 2.11. The zero-order valence-corrected chi connectivity index (χ0v) is 11.9. The Bertz CT molecular complexity index is 522. The molecule has 1 amide bonds. The van der Waals surface area contributed by atoms with Gasteiger partial charge in [0, 0.05) is 6.42 Å². The molecule has 0 aliphatic carbocycles. The third-order valence-corrected chi connectivity index (χ3v) is 3.43. The predicted molar refractivity (Wildman–Crippen MR) is 82.4 cm³/mol. The van der Waals surface area contributed by atoms with Gasteiger partial charge in [-0.25, -0.2) is 0 Å². The van der Waals surface area contributed by atoms with Crippen molar-refractivity contribution in [3.63, 3.8) is 0 Å². The van der Waals surface area contributed by atoms with E-state index in [9.17, 15) is 4.79 Å². The van der Waals surface area contributed by atoms with Crippen LogP contribution in [0.1, 0.15) is 36.9 Å². The number of hydrogen-bond donors (Lipinski definition) is 1. The Morgan fingerprint density at radius 2 is 1.60 bits per heavy atom. The zero-order chi connectivity index (χ0) is 14.2. The van der Waals surface area contributed by atoms with Gasteiger partial charge in [0.15, 0.2) is 0 Å². The lowest BCUT2D eigenvalue weighted by atomic mass is 10.0. The molecule has 0 aromatic heterocycles. The molecule has 2 nitrogen and oxygen atoms in total. The van der Waals surface area contributed by atoms with E-state index in [1.54, 1.807) is 0 Å². The Kier molecular flexibility index (Phi) is 5.36. The van der Waals surface area contributed by atoms with Crippen molar-refractivity contribution >= 4 is 5.91 Å². The first-order valence-corrected chi connectivity index (χ1v) is 7.18. The fourth-order valence-electron chi connectivity index (χ4n) is 2.28. The summed E-state index contributed by atoms with van der Waals surface area (Å²) in [6.07, 6.45) is 2.23. The van der Waals surface area contributed by atoms with E-state index in [1.165, 1.54) is 11.1 Å². The molecule has 1 N–H and O–H groups in total. The summed E-state index contributed by atoms with van der Waals surface area (Å²) < 4.78 is 0. The SMILES string of the molecule is CC[C@@H](NC(=O)CCc1ccccc1)c1ccccc1. The second-order valence-electron chi connectivity index (χ2n) is 4.92. The molecule has 2 rings (SSSR count). The molecular formula is C18H21NO. The van der Waals surface area contributed by atoms with Crippen LogP contribution in [0.5, 0.6) is 0 Å². The monoisotopic (exact) mass is 267 g/mol. The van der Waals surface area contributed by atoms with Gasteiger partial charge in [0.1, 0.15) is 0 Å². The lowest BCUT2D eigenvalue weighted by molar-refractivity contribution is -0.121. The minimum atomic E-state index is 0.111. The summed E-state index contributed by atoms with van der Waals surface area (Å²) in [5.41, 5.74) is 2.37. The number of benzene rings is 2. The molecule has 0 heterocycles. The van der Waals surface area contributed by atoms with Crippen LogP contribution in [0.15, 0.2) is 60.7 Å². The van der Waals surface area contributed by atoms with Crippen molar-refractivity contribution in [2.45, 2.75) is 32.2 Å². The summed E-state index contributed by atoms with van der Waals surface area (Å²) in [6.45, 7) is 2.09. The molecule has 20 heavy (non-hydrogen) atoms. The molecule has 0 saturated carbocycles.